The van der Waals surface area contributed by atoms with Crippen LogP contribution in [0, 0.1) is 5.82 Å². The fourth-order valence-electron chi connectivity index (χ4n) is 1.77. The van der Waals surface area contributed by atoms with E-state index in [0.29, 0.717) is 22.8 Å². The van der Waals surface area contributed by atoms with Gasteiger partial charge in [0.25, 0.3) is 0 Å². The summed E-state index contributed by atoms with van der Waals surface area (Å²) in [5.41, 5.74) is 9.60. The standard InChI is InChI=1S/C15H14ClFN4S/c16-12-3-1-2-10(6-12)8-19-14-5-4-11(7-13(14)17)9-20-21-15(18)22/h1-7,9,19H,8H2,(H3,18,21,22)/b20-9+. The van der Waals surface area contributed by atoms with E-state index in [1.807, 2.05) is 18.2 Å². The fourth-order valence-corrected chi connectivity index (χ4v) is 2.04. The van der Waals surface area contributed by atoms with Gasteiger partial charge < -0.3 is 11.1 Å². The average molecular weight is 337 g/mol. The van der Waals surface area contributed by atoms with Crippen LogP contribution in [-0.2, 0) is 6.54 Å². The van der Waals surface area contributed by atoms with Gasteiger partial charge in [-0.3, -0.25) is 5.43 Å². The molecule has 7 heteroatoms. The highest BCUT2D eigenvalue weighted by Gasteiger charge is 2.03. The van der Waals surface area contributed by atoms with Gasteiger partial charge in [-0.2, -0.15) is 5.10 Å². The maximum Gasteiger partial charge on any atom is 0.184 e. The average Bonchev–Trinajstić information content (AvgIpc) is 2.46. The molecule has 2 rings (SSSR count). The van der Waals surface area contributed by atoms with Crippen molar-refractivity contribution in [2.24, 2.45) is 10.8 Å². The van der Waals surface area contributed by atoms with E-state index in [0.717, 1.165) is 5.56 Å². The molecule has 4 nitrogen and oxygen atoms in total. The van der Waals surface area contributed by atoms with E-state index in [2.05, 4.69) is 28.1 Å². The molecular weight excluding hydrogens is 323 g/mol. The Labute approximate surface area is 138 Å². The highest BCUT2D eigenvalue weighted by molar-refractivity contribution is 7.80. The molecule has 0 saturated heterocycles. The number of rotatable bonds is 5. The van der Waals surface area contributed by atoms with E-state index >= 15 is 0 Å². The third-order valence-corrected chi connectivity index (χ3v) is 3.08. The van der Waals surface area contributed by atoms with Crippen LogP contribution in [0.4, 0.5) is 10.1 Å². The van der Waals surface area contributed by atoms with Crippen LogP contribution in [0.25, 0.3) is 0 Å². The van der Waals surface area contributed by atoms with Crippen molar-refractivity contribution in [2.45, 2.75) is 6.54 Å². The van der Waals surface area contributed by atoms with Gasteiger partial charge in [0, 0.05) is 11.6 Å². The summed E-state index contributed by atoms with van der Waals surface area (Å²) in [6, 6.07) is 12.1. The Morgan fingerprint density at radius 2 is 2.14 bits per heavy atom. The minimum Gasteiger partial charge on any atom is -0.379 e. The largest absolute Gasteiger partial charge is 0.379 e. The smallest absolute Gasteiger partial charge is 0.184 e. The summed E-state index contributed by atoms with van der Waals surface area (Å²) in [5, 5.41) is 7.50. The Balaban J connectivity index is 2.00. The Morgan fingerprint density at radius 1 is 1.32 bits per heavy atom. The van der Waals surface area contributed by atoms with Gasteiger partial charge in [-0.1, -0.05) is 29.8 Å². The lowest BCUT2D eigenvalue weighted by atomic mass is 10.2. The normalized spacial score (nSPS) is 10.6. The van der Waals surface area contributed by atoms with Crippen molar-refractivity contribution in [1.29, 1.82) is 0 Å². The number of benzene rings is 2. The predicted octanol–water partition coefficient (Wildman–Crippen LogP) is 3.26. The highest BCUT2D eigenvalue weighted by atomic mass is 35.5. The molecule has 22 heavy (non-hydrogen) atoms. The van der Waals surface area contributed by atoms with Crippen LogP contribution in [0.15, 0.2) is 47.6 Å². The van der Waals surface area contributed by atoms with Crippen molar-refractivity contribution < 1.29 is 4.39 Å². The van der Waals surface area contributed by atoms with E-state index < -0.39 is 0 Å². The first-order valence-electron chi connectivity index (χ1n) is 6.41. The molecule has 2 aromatic carbocycles. The molecule has 114 valence electrons. The topological polar surface area (TPSA) is 62.4 Å². The molecule has 0 atom stereocenters. The van der Waals surface area contributed by atoms with Crippen LogP contribution < -0.4 is 16.5 Å². The molecule has 0 bridgehead atoms. The van der Waals surface area contributed by atoms with Crippen molar-refractivity contribution in [2.75, 3.05) is 5.32 Å². The second-order valence-corrected chi connectivity index (χ2v) is 5.33. The molecule has 2 aromatic rings. The molecule has 0 spiro atoms. The molecule has 0 radical (unpaired) electrons. The summed E-state index contributed by atoms with van der Waals surface area (Å²) < 4.78 is 14.0. The lowest BCUT2D eigenvalue weighted by Gasteiger charge is -2.08. The number of thiocarbonyl (C=S) groups is 1. The maximum atomic E-state index is 14.0. The summed E-state index contributed by atoms with van der Waals surface area (Å²) in [7, 11) is 0. The number of nitrogens with one attached hydrogen (secondary N) is 2. The first kappa shape index (κ1) is 16.2. The first-order valence-corrected chi connectivity index (χ1v) is 7.19. The quantitative estimate of drug-likeness (QED) is 0.445. The molecule has 0 aliphatic rings. The molecule has 0 aliphatic heterocycles. The highest BCUT2D eigenvalue weighted by Crippen LogP contribution is 2.17. The van der Waals surface area contributed by atoms with Gasteiger partial charge in [0.05, 0.1) is 11.9 Å². The second kappa shape index (κ2) is 7.72. The molecule has 0 amide bonds. The van der Waals surface area contributed by atoms with Crippen LogP contribution in [0.1, 0.15) is 11.1 Å². The minimum absolute atomic E-state index is 0.0523. The monoisotopic (exact) mass is 336 g/mol. The third-order valence-electron chi connectivity index (χ3n) is 2.75. The zero-order valence-corrected chi connectivity index (χ0v) is 13.1. The van der Waals surface area contributed by atoms with Gasteiger partial charge in [-0.15, -0.1) is 0 Å². The van der Waals surface area contributed by atoms with Gasteiger partial charge >= 0.3 is 0 Å². The number of hydrogen-bond acceptors (Lipinski definition) is 3. The molecule has 0 heterocycles. The van der Waals surface area contributed by atoms with Gasteiger partial charge in [-0.05, 0) is 47.6 Å². The van der Waals surface area contributed by atoms with Crippen molar-refractivity contribution in [3.8, 4) is 0 Å². The van der Waals surface area contributed by atoms with Gasteiger partial charge in [-0.25, -0.2) is 4.39 Å². The van der Waals surface area contributed by atoms with Crippen molar-refractivity contribution in [1.82, 2.24) is 5.43 Å². The van der Waals surface area contributed by atoms with Crippen LogP contribution >= 0.6 is 23.8 Å². The van der Waals surface area contributed by atoms with Crippen LogP contribution in [-0.4, -0.2) is 11.3 Å². The number of nitrogens with two attached hydrogens (primary N) is 1. The summed E-state index contributed by atoms with van der Waals surface area (Å²) in [5.74, 6) is -0.374. The number of hydrazone groups is 1. The summed E-state index contributed by atoms with van der Waals surface area (Å²) in [4.78, 5) is 0. The van der Waals surface area contributed by atoms with E-state index in [4.69, 9.17) is 17.3 Å². The number of nitrogens with zero attached hydrogens (tertiary/aromatic N) is 1. The van der Waals surface area contributed by atoms with Crippen LogP contribution in [0.2, 0.25) is 5.02 Å². The summed E-state index contributed by atoms with van der Waals surface area (Å²) in [6.45, 7) is 0.480. The van der Waals surface area contributed by atoms with E-state index in [9.17, 15) is 4.39 Å². The first-order chi connectivity index (χ1) is 10.5. The Kier molecular flexibility index (Phi) is 5.68. The predicted molar refractivity (Wildman–Crippen MR) is 92.7 cm³/mol. The molecule has 0 saturated carbocycles. The SMILES string of the molecule is NC(=S)N/N=C/c1ccc(NCc2cccc(Cl)c2)c(F)c1. The summed E-state index contributed by atoms with van der Waals surface area (Å²) in [6.07, 6.45) is 1.43. The fraction of sp³-hybridized carbons (Fsp3) is 0.0667. The van der Waals surface area contributed by atoms with Crippen LogP contribution in [0.5, 0.6) is 0 Å². The minimum atomic E-state index is -0.374. The molecule has 0 fully saturated rings. The van der Waals surface area contributed by atoms with Crippen LogP contribution in [0.3, 0.4) is 0 Å². The number of anilines is 1. The third kappa shape index (κ3) is 4.98. The van der Waals surface area contributed by atoms with E-state index in [1.165, 1.54) is 12.3 Å². The van der Waals surface area contributed by atoms with Crippen molar-refractivity contribution in [3.05, 3.63) is 64.4 Å². The maximum absolute atomic E-state index is 14.0. The van der Waals surface area contributed by atoms with Gasteiger partial charge in [0.1, 0.15) is 5.82 Å². The van der Waals surface area contributed by atoms with E-state index in [1.54, 1.807) is 18.2 Å². The zero-order valence-electron chi connectivity index (χ0n) is 11.5. The molecule has 0 aromatic heterocycles. The zero-order chi connectivity index (χ0) is 15.9. The molecule has 0 aliphatic carbocycles. The molecular formula is C15H14ClFN4S. The Morgan fingerprint density at radius 3 is 2.82 bits per heavy atom. The Hall–Kier alpha value is -2.18. The lowest BCUT2D eigenvalue weighted by Crippen LogP contribution is -2.23. The number of hydrogen-bond donors (Lipinski definition) is 3. The van der Waals surface area contributed by atoms with E-state index in [-0.39, 0.29) is 10.9 Å². The second-order valence-electron chi connectivity index (χ2n) is 4.46. The lowest BCUT2D eigenvalue weighted by molar-refractivity contribution is 0.630. The number of halogens is 2. The summed E-state index contributed by atoms with van der Waals surface area (Å²) >= 11 is 10.5. The molecule has 0 unspecified atom stereocenters. The van der Waals surface area contributed by atoms with Crippen molar-refractivity contribution in [3.63, 3.8) is 0 Å². The molecule has 4 N–H and O–H groups in total. The van der Waals surface area contributed by atoms with Crippen molar-refractivity contribution >= 4 is 40.8 Å². The van der Waals surface area contributed by atoms with Gasteiger partial charge in [0.15, 0.2) is 5.11 Å². The Bertz CT molecular complexity index is 706. The van der Waals surface area contributed by atoms with Gasteiger partial charge in [0.2, 0.25) is 0 Å².